The molecule has 0 bridgehead atoms. The minimum Gasteiger partial charge on any atom is -0.478 e. The number of benzene rings is 1. The number of alkyl halides is 6. The summed E-state index contributed by atoms with van der Waals surface area (Å²) in [4.78, 5) is 17.7. The summed E-state index contributed by atoms with van der Waals surface area (Å²) in [5.74, 6) is -1.32. The van der Waals surface area contributed by atoms with Crippen molar-refractivity contribution < 1.29 is 41.4 Å². The first-order chi connectivity index (χ1) is 13.4. The summed E-state index contributed by atoms with van der Waals surface area (Å²) >= 11 is 0. The molecular weight excluding hydrogens is 406 g/mol. The third kappa shape index (κ3) is 3.99. The van der Waals surface area contributed by atoms with E-state index >= 15 is 0 Å². The van der Waals surface area contributed by atoms with Gasteiger partial charge >= 0.3 is 18.3 Å². The molecule has 0 aliphatic carbocycles. The lowest BCUT2D eigenvalue weighted by Gasteiger charge is -2.18. The first-order valence-electron chi connectivity index (χ1n) is 7.85. The number of nitrogens with zero attached hydrogens (tertiary/aromatic N) is 2. The third-order valence-electron chi connectivity index (χ3n) is 4.08. The first kappa shape index (κ1) is 20.5. The summed E-state index contributed by atoms with van der Waals surface area (Å²) < 4.78 is 79.5. The number of halogens is 6. The summed E-state index contributed by atoms with van der Waals surface area (Å²) in [5, 5.41) is 19.0. The number of hydrogen-bond acceptors (Lipinski definition) is 4. The molecule has 152 valence electrons. The second-order valence-corrected chi connectivity index (χ2v) is 5.97. The van der Waals surface area contributed by atoms with E-state index in [0.717, 1.165) is 30.5 Å². The molecule has 0 fully saturated rings. The van der Waals surface area contributed by atoms with E-state index in [1.807, 2.05) is 0 Å². The van der Waals surface area contributed by atoms with Crippen molar-refractivity contribution >= 4 is 16.9 Å². The highest BCUT2D eigenvalue weighted by Crippen LogP contribution is 2.39. The van der Waals surface area contributed by atoms with Crippen LogP contribution in [0.1, 0.15) is 39.0 Å². The van der Waals surface area contributed by atoms with Crippen LogP contribution in [0.15, 0.2) is 42.6 Å². The van der Waals surface area contributed by atoms with Gasteiger partial charge in [0.1, 0.15) is 11.8 Å². The Morgan fingerprint density at radius 2 is 1.69 bits per heavy atom. The van der Waals surface area contributed by atoms with Crippen LogP contribution in [0.3, 0.4) is 0 Å². The van der Waals surface area contributed by atoms with Crippen LogP contribution in [0.4, 0.5) is 26.3 Å². The van der Waals surface area contributed by atoms with Crippen LogP contribution in [-0.2, 0) is 12.4 Å². The molecule has 29 heavy (non-hydrogen) atoms. The summed E-state index contributed by atoms with van der Waals surface area (Å²) in [7, 11) is 0. The van der Waals surface area contributed by atoms with Crippen LogP contribution >= 0.6 is 0 Å². The van der Waals surface area contributed by atoms with Crippen LogP contribution in [0.5, 0.6) is 0 Å². The molecule has 1 unspecified atom stereocenters. The Labute approximate surface area is 158 Å². The Bertz CT molecular complexity index is 1080. The Kier molecular flexibility index (Phi) is 4.95. The molecule has 5 nitrogen and oxygen atoms in total. The number of carboxylic acid groups (broad SMARTS) is 1. The Hall–Kier alpha value is -3.21. The topological polar surface area (TPSA) is 83.3 Å². The van der Waals surface area contributed by atoms with Crippen molar-refractivity contribution in [3.8, 4) is 0 Å². The number of carboxylic acids is 1. The highest BCUT2D eigenvalue weighted by atomic mass is 19.4. The summed E-state index contributed by atoms with van der Waals surface area (Å²) in [6, 6.07) is 5.23. The zero-order valence-electron chi connectivity index (χ0n) is 14.1. The van der Waals surface area contributed by atoms with E-state index in [-0.39, 0.29) is 16.6 Å². The Balaban J connectivity index is 2.26. The minimum absolute atomic E-state index is 0.240. The van der Waals surface area contributed by atoms with Gasteiger partial charge in [0.25, 0.3) is 0 Å². The van der Waals surface area contributed by atoms with Gasteiger partial charge in [-0.1, -0.05) is 12.1 Å². The molecule has 1 aromatic carbocycles. The van der Waals surface area contributed by atoms with E-state index in [9.17, 15) is 36.2 Å². The van der Waals surface area contributed by atoms with E-state index in [0.29, 0.717) is 12.1 Å². The largest absolute Gasteiger partial charge is 0.478 e. The molecule has 2 N–H and O–H groups in total. The molecule has 0 spiro atoms. The van der Waals surface area contributed by atoms with E-state index in [4.69, 9.17) is 5.11 Å². The maximum Gasteiger partial charge on any atom is 0.433 e. The molecule has 11 heteroatoms. The lowest BCUT2D eigenvalue weighted by Crippen LogP contribution is -2.14. The van der Waals surface area contributed by atoms with Crippen LogP contribution in [0.25, 0.3) is 10.9 Å². The highest BCUT2D eigenvalue weighted by Gasteiger charge is 2.38. The van der Waals surface area contributed by atoms with Crippen molar-refractivity contribution in [2.75, 3.05) is 0 Å². The number of hydrogen-bond donors (Lipinski definition) is 2. The fourth-order valence-electron chi connectivity index (χ4n) is 2.73. The van der Waals surface area contributed by atoms with Crippen molar-refractivity contribution in [1.29, 1.82) is 0 Å². The Morgan fingerprint density at radius 3 is 2.21 bits per heavy atom. The van der Waals surface area contributed by atoms with Crippen molar-refractivity contribution in [2.24, 2.45) is 0 Å². The predicted molar refractivity (Wildman–Crippen MR) is 87.0 cm³/mol. The molecular formula is C18H10F6N2O3. The van der Waals surface area contributed by atoms with Gasteiger partial charge in [-0.3, -0.25) is 4.98 Å². The second kappa shape index (κ2) is 6.99. The smallest absolute Gasteiger partial charge is 0.433 e. The van der Waals surface area contributed by atoms with E-state index in [1.165, 1.54) is 0 Å². The molecule has 0 saturated carbocycles. The van der Waals surface area contributed by atoms with Crippen LogP contribution in [0, 0.1) is 0 Å². The van der Waals surface area contributed by atoms with Gasteiger partial charge in [-0.05, 0) is 29.8 Å². The van der Waals surface area contributed by atoms with Crippen molar-refractivity contribution in [2.45, 2.75) is 18.5 Å². The molecule has 0 saturated heterocycles. The van der Waals surface area contributed by atoms with Crippen LogP contribution < -0.4 is 0 Å². The van der Waals surface area contributed by atoms with Gasteiger partial charge in [-0.2, -0.15) is 26.3 Å². The number of aliphatic hydroxyl groups excluding tert-OH is 1. The summed E-state index contributed by atoms with van der Waals surface area (Å²) in [6.07, 6.45) is -11.0. The second-order valence-electron chi connectivity index (χ2n) is 5.97. The van der Waals surface area contributed by atoms with Gasteiger partial charge in [0, 0.05) is 11.6 Å². The van der Waals surface area contributed by atoms with Gasteiger partial charge in [-0.15, -0.1) is 0 Å². The fourth-order valence-corrected chi connectivity index (χ4v) is 2.73. The maximum absolute atomic E-state index is 13.3. The molecule has 0 amide bonds. The zero-order valence-corrected chi connectivity index (χ0v) is 14.1. The number of carbonyl (C=O) groups is 1. The SMILES string of the molecule is O=C(O)c1ccc(C(O)c2cc(C(F)(F)F)nc3c(C(F)(F)F)cccc23)nc1. The van der Waals surface area contributed by atoms with Crippen molar-refractivity contribution in [3.63, 3.8) is 0 Å². The first-order valence-corrected chi connectivity index (χ1v) is 7.85. The fraction of sp³-hybridized carbons (Fsp3) is 0.167. The van der Waals surface area contributed by atoms with Gasteiger partial charge in [-0.25, -0.2) is 9.78 Å². The highest BCUT2D eigenvalue weighted by molar-refractivity contribution is 5.88. The third-order valence-corrected chi connectivity index (χ3v) is 4.08. The number of pyridine rings is 2. The quantitative estimate of drug-likeness (QED) is 0.617. The standard InChI is InChI=1S/C18H10F6N2O3/c19-17(20,21)11-3-1-2-9-10(6-13(18(22,23)24)26-14(9)11)15(27)12-5-4-8(7-25-12)16(28)29/h1-7,15,27H,(H,28,29). The molecule has 3 rings (SSSR count). The number of aromatic carboxylic acids is 1. The Morgan fingerprint density at radius 1 is 1.00 bits per heavy atom. The maximum atomic E-state index is 13.3. The van der Waals surface area contributed by atoms with Crippen LogP contribution in [-0.4, -0.2) is 26.2 Å². The molecule has 0 aliphatic heterocycles. The van der Waals surface area contributed by atoms with E-state index < -0.39 is 46.8 Å². The monoisotopic (exact) mass is 416 g/mol. The molecule has 0 aliphatic rings. The predicted octanol–water partition coefficient (Wildman–Crippen LogP) is 4.45. The molecule has 3 aromatic rings. The molecule has 2 heterocycles. The van der Waals surface area contributed by atoms with Gasteiger partial charge < -0.3 is 10.2 Å². The summed E-state index contributed by atoms with van der Waals surface area (Å²) in [6.45, 7) is 0. The van der Waals surface area contributed by atoms with Gasteiger partial charge in [0.2, 0.25) is 0 Å². The number of aliphatic hydroxyl groups is 1. The minimum atomic E-state index is -5.07. The van der Waals surface area contributed by atoms with E-state index in [2.05, 4.69) is 9.97 Å². The van der Waals surface area contributed by atoms with E-state index in [1.54, 1.807) is 0 Å². The molecule has 2 aromatic heterocycles. The van der Waals surface area contributed by atoms with Gasteiger partial charge in [0.05, 0.1) is 22.3 Å². The number of fused-ring (bicyclic) bond motifs is 1. The lowest BCUT2D eigenvalue weighted by molar-refractivity contribution is -0.142. The zero-order chi connectivity index (χ0) is 21.6. The number of para-hydroxylation sites is 1. The van der Waals surface area contributed by atoms with Crippen molar-refractivity contribution in [3.05, 3.63) is 70.7 Å². The average Bonchev–Trinajstić information content (AvgIpc) is 2.64. The van der Waals surface area contributed by atoms with Crippen LogP contribution in [0.2, 0.25) is 0 Å². The normalized spacial score (nSPS) is 13.5. The van der Waals surface area contributed by atoms with Crippen molar-refractivity contribution in [1.82, 2.24) is 9.97 Å². The number of rotatable bonds is 3. The molecule has 1 atom stereocenters. The lowest BCUT2D eigenvalue weighted by atomic mass is 9.97. The number of aromatic nitrogens is 2. The molecule has 0 radical (unpaired) electrons. The summed E-state index contributed by atoms with van der Waals surface area (Å²) in [5.41, 5.74) is -4.94. The van der Waals surface area contributed by atoms with Gasteiger partial charge in [0.15, 0.2) is 0 Å². The average molecular weight is 416 g/mol.